The first-order chi connectivity index (χ1) is 11.5. The summed E-state index contributed by atoms with van der Waals surface area (Å²) in [6, 6.07) is 0. The second-order valence-corrected chi connectivity index (χ2v) is 7.01. The van der Waals surface area contributed by atoms with Gasteiger partial charge in [0.15, 0.2) is 0 Å². The van der Waals surface area contributed by atoms with Crippen LogP contribution in [0.15, 0.2) is 11.0 Å². The Kier molecular flexibility index (Phi) is 5.03. The highest BCUT2D eigenvalue weighted by Crippen LogP contribution is 2.30. The van der Waals surface area contributed by atoms with Crippen LogP contribution in [0.3, 0.4) is 0 Å². The lowest BCUT2D eigenvalue weighted by Crippen LogP contribution is -2.35. The number of rotatable bonds is 4. The highest BCUT2D eigenvalue weighted by Gasteiger charge is 2.21. The first kappa shape index (κ1) is 17.1. The Morgan fingerprint density at radius 2 is 2.08 bits per heavy atom. The van der Waals surface area contributed by atoms with E-state index in [0.717, 1.165) is 43.2 Å². The monoisotopic (exact) mass is 350 g/mol. The summed E-state index contributed by atoms with van der Waals surface area (Å²) < 4.78 is 12.2. The second-order valence-electron chi connectivity index (χ2n) is 5.92. The number of hydrogen-bond donors (Lipinski definition) is 0. The number of carbonyl (C=O) groups excluding carboxylic acids is 1. The molecule has 130 valence electrons. The van der Waals surface area contributed by atoms with E-state index in [1.165, 1.54) is 4.88 Å². The minimum Gasteiger partial charge on any atom is -0.462 e. The number of ether oxygens (including phenoxy) is 2. The van der Waals surface area contributed by atoms with Gasteiger partial charge in [-0.3, -0.25) is 9.69 Å². The highest BCUT2D eigenvalue weighted by molar-refractivity contribution is 7.18. The SMILES string of the molecule is CCOC(=O)c1cn(C)c2sc(CN3CCOCC3)c(C)c2c1=O. The molecule has 1 aliphatic heterocycles. The van der Waals surface area contributed by atoms with Gasteiger partial charge in [0.1, 0.15) is 10.4 Å². The lowest BCUT2D eigenvalue weighted by Gasteiger charge is -2.26. The van der Waals surface area contributed by atoms with Gasteiger partial charge in [-0.2, -0.15) is 0 Å². The third kappa shape index (κ3) is 3.11. The zero-order valence-electron chi connectivity index (χ0n) is 14.3. The molecule has 24 heavy (non-hydrogen) atoms. The molecule has 0 unspecified atom stereocenters. The largest absolute Gasteiger partial charge is 0.462 e. The molecule has 3 heterocycles. The molecule has 0 atom stereocenters. The van der Waals surface area contributed by atoms with Crippen LogP contribution in [0.5, 0.6) is 0 Å². The molecule has 2 aromatic rings. The van der Waals surface area contributed by atoms with Crippen LogP contribution in [-0.2, 0) is 23.1 Å². The van der Waals surface area contributed by atoms with Crippen molar-refractivity contribution in [2.45, 2.75) is 20.4 Å². The molecule has 0 aromatic carbocycles. The lowest BCUT2D eigenvalue weighted by molar-refractivity contribution is 0.0346. The number of pyridine rings is 1. The van der Waals surface area contributed by atoms with Gasteiger partial charge in [0.25, 0.3) is 0 Å². The topological polar surface area (TPSA) is 60.8 Å². The van der Waals surface area contributed by atoms with Gasteiger partial charge < -0.3 is 14.0 Å². The van der Waals surface area contributed by atoms with Crippen molar-refractivity contribution in [1.82, 2.24) is 9.47 Å². The van der Waals surface area contributed by atoms with Gasteiger partial charge in [-0.15, -0.1) is 11.3 Å². The molecule has 0 bridgehead atoms. The van der Waals surface area contributed by atoms with E-state index < -0.39 is 5.97 Å². The van der Waals surface area contributed by atoms with Crippen molar-refractivity contribution >= 4 is 27.5 Å². The summed E-state index contributed by atoms with van der Waals surface area (Å²) in [5, 5.41) is 0.635. The predicted molar refractivity (Wildman–Crippen MR) is 93.9 cm³/mol. The fraction of sp³-hybridized carbons (Fsp3) is 0.529. The van der Waals surface area contributed by atoms with Gasteiger partial charge in [-0.25, -0.2) is 4.79 Å². The Morgan fingerprint density at radius 3 is 2.75 bits per heavy atom. The highest BCUT2D eigenvalue weighted by atomic mass is 32.1. The zero-order chi connectivity index (χ0) is 17.3. The van der Waals surface area contributed by atoms with Crippen molar-refractivity contribution in [1.29, 1.82) is 0 Å². The van der Waals surface area contributed by atoms with Crippen LogP contribution in [0, 0.1) is 6.92 Å². The number of fused-ring (bicyclic) bond motifs is 1. The van der Waals surface area contributed by atoms with Crippen LogP contribution < -0.4 is 5.43 Å². The smallest absolute Gasteiger partial charge is 0.343 e. The molecule has 0 amide bonds. The lowest BCUT2D eigenvalue weighted by atomic mass is 10.1. The normalized spacial score (nSPS) is 15.8. The quantitative estimate of drug-likeness (QED) is 0.789. The molecular formula is C17H22N2O4S. The van der Waals surface area contributed by atoms with E-state index in [1.54, 1.807) is 24.5 Å². The van der Waals surface area contributed by atoms with E-state index in [2.05, 4.69) is 4.90 Å². The van der Waals surface area contributed by atoms with Gasteiger partial charge in [0, 0.05) is 37.8 Å². The van der Waals surface area contributed by atoms with Crippen molar-refractivity contribution < 1.29 is 14.3 Å². The van der Waals surface area contributed by atoms with Crippen LogP contribution in [-0.4, -0.2) is 48.3 Å². The van der Waals surface area contributed by atoms with Crippen LogP contribution >= 0.6 is 11.3 Å². The van der Waals surface area contributed by atoms with Crippen molar-refractivity contribution in [2.24, 2.45) is 7.05 Å². The number of aromatic nitrogens is 1. The minimum atomic E-state index is -0.555. The van der Waals surface area contributed by atoms with Gasteiger partial charge >= 0.3 is 5.97 Å². The molecular weight excluding hydrogens is 328 g/mol. The number of hydrogen-bond acceptors (Lipinski definition) is 6. The molecule has 1 aliphatic rings. The van der Waals surface area contributed by atoms with Gasteiger partial charge in [0.05, 0.1) is 25.2 Å². The molecule has 1 saturated heterocycles. The molecule has 3 rings (SSSR count). The van der Waals surface area contributed by atoms with Crippen molar-refractivity contribution in [3.8, 4) is 0 Å². The second kappa shape index (κ2) is 7.04. The average molecular weight is 350 g/mol. The first-order valence-corrected chi connectivity index (χ1v) is 8.93. The Labute approximate surface area is 144 Å². The summed E-state index contributed by atoms with van der Waals surface area (Å²) in [4.78, 5) is 29.2. The molecule has 7 heteroatoms. The van der Waals surface area contributed by atoms with Crippen LogP contribution in [0.1, 0.15) is 27.7 Å². The van der Waals surface area contributed by atoms with E-state index in [4.69, 9.17) is 9.47 Å². The minimum absolute atomic E-state index is 0.102. The molecule has 1 fully saturated rings. The summed E-state index contributed by atoms with van der Waals surface area (Å²) in [6.07, 6.45) is 1.58. The van der Waals surface area contributed by atoms with E-state index in [9.17, 15) is 9.59 Å². The maximum absolute atomic E-state index is 12.8. The van der Waals surface area contributed by atoms with E-state index in [-0.39, 0.29) is 17.6 Å². The summed E-state index contributed by atoms with van der Waals surface area (Å²) in [5.41, 5.74) is 0.836. The average Bonchev–Trinajstić information content (AvgIpc) is 2.90. The number of nitrogens with zero attached hydrogens (tertiary/aromatic N) is 2. The zero-order valence-corrected chi connectivity index (χ0v) is 15.1. The third-order valence-electron chi connectivity index (χ3n) is 4.31. The van der Waals surface area contributed by atoms with Crippen LogP contribution in [0.4, 0.5) is 0 Å². The Bertz CT molecular complexity index is 818. The van der Waals surface area contributed by atoms with Crippen molar-refractivity contribution in [3.63, 3.8) is 0 Å². The van der Waals surface area contributed by atoms with E-state index in [0.29, 0.717) is 5.39 Å². The van der Waals surface area contributed by atoms with Crippen molar-refractivity contribution in [2.75, 3.05) is 32.9 Å². The first-order valence-electron chi connectivity index (χ1n) is 8.11. The number of morpholine rings is 1. The van der Waals surface area contributed by atoms with Crippen molar-refractivity contribution in [3.05, 3.63) is 32.4 Å². The standard InChI is InChI=1S/C17H22N2O4S/c1-4-23-17(21)12-9-18(3)16-14(15(12)20)11(2)13(24-16)10-19-5-7-22-8-6-19/h9H,4-8,10H2,1-3H3. The summed E-state index contributed by atoms with van der Waals surface area (Å²) >= 11 is 1.62. The molecule has 0 N–H and O–H groups in total. The predicted octanol–water partition coefficient (Wildman–Crippen LogP) is 1.92. The molecule has 0 radical (unpaired) electrons. The van der Waals surface area contributed by atoms with Gasteiger partial charge in [-0.1, -0.05) is 0 Å². The number of thiophene rings is 1. The number of esters is 1. The molecule has 0 spiro atoms. The number of carbonyl (C=O) groups is 1. The third-order valence-corrected chi connectivity index (χ3v) is 5.68. The maximum Gasteiger partial charge on any atom is 0.343 e. The molecule has 0 aliphatic carbocycles. The summed E-state index contributed by atoms with van der Waals surface area (Å²) in [6.45, 7) is 8.06. The van der Waals surface area contributed by atoms with E-state index >= 15 is 0 Å². The fourth-order valence-electron chi connectivity index (χ4n) is 2.97. The van der Waals surface area contributed by atoms with Gasteiger partial charge in [0.2, 0.25) is 5.43 Å². The Morgan fingerprint density at radius 1 is 1.38 bits per heavy atom. The van der Waals surface area contributed by atoms with Gasteiger partial charge in [-0.05, 0) is 19.4 Å². The Balaban J connectivity index is 2.04. The fourth-order valence-corrected chi connectivity index (χ4v) is 4.25. The van der Waals surface area contributed by atoms with E-state index in [1.807, 2.05) is 18.5 Å². The summed E-state index contributed by atoms with van der Waals surface area (Å²) in [5.74, 6) is -0.555. The Hall–Kier alpha value is -1.70. The number of aryl methyl sites for hydroxylation is 2. The van der Waals surface area contributed by atoms with Crippen LogP contribution in [0.25, 0.3) is 10.2 Å². The molecule has 2 aromatic heterocycles. The molecule has 6 nitrogen and oxygen atoms in total. The maximum atomic E-state index is 12.8. The summed E-state index contributed by atoms with van der Waals surface area (Å²) in [7, 11) is 1.86. The van der Waals surface area contributed by atoms with Crippen LogP contribution in [0.2, 0.25) is 0 Å². The molecule has 0 saturated carbocycles.